The average molecular weight is 351 g/mol. The van der Waals surface area contributed by atoms with Gasteiger partial charge in [0.25, 0.3) is 0 Å². The van der Waals surface area contributed by atoms with Gasteiger partial charge in [0.15, 0.2) is 11.5 Å². The Bertz CT molecular complexity index is 665. The Hall–Kier alpha value is -2.24. The first-order chi connectivity index (χ1) is 11.0. The van der Waals surface area contributed by atoms with Gasteiger partial charge in [0.2, 0.25) is 5.91 Å². The molecule has 2 aromatic carbocycles. The van der Waals surface area contributed by atoms with Crippen LogP contribution in [0.4, 0.5) is 0 Å². The Balaban J connectivity index is 0.00000288. The van der Waals surface area contributed by atoms with Crippen molar-refractivity contribution in [1.82, 2.24) is 4.90 Å². The van der Waals surface area contributed by atoms with E-state index in [2.05, 4.69) is 0 Å². The summed E-state index contributed by atoms with van der Waals surface area (Å²) in [5, 5.41) is 9.61. The Morgan fingerprint density at radius 1 is 1.21 bits per heavy atom. The summed E-state index contributed by atoms with van der Waals surface area (Å²) in [7, 11) is 3.20. The number of phenolic OH excluding ortho intramolecular Hbond substituents is 1. The van der Waals surface area contributed by atoms with Gasteiger partial charge in [0.1, 0.15) is 0 Å². The lowest BCUT2D eigenvalue weighted by atomic mass is 10.1. The molecule has 0 saturated carbocycles. The Labute approximate surface area is 148 Å². The molecule has 0 aromatic heterocycles. The van der Waals surface area contributed by atoms with Crippen molar-refractivity contribution in [2.45, 2.75) is 19.0 Å². The zero-order chi connectivity index (χ0) is 16.8. The van der Waals surface area contributed by atoms with E-state index in [1.807, 2.05) is 30.3 Å². The summed E-state index contributed by atoms with van der Waals surface area (Å²) in [5.41, 5.74) is 7.93. The molecule has 0 saturated heterocycles. The van der Waals surface area contributed by atoms with Gasteiger partial charge < -0.3 is 20.5 Å². The molecule has 0 radical (unpaired) electrons. The van der Waals surface area contributed by atoms with E-state index in [9.17, 15) is 9.90 Å². The normalized spacial score (nSPS) is 11.3. The molecule has 0 spiro atoms. The molecule has 130 valence electrons. The highest BCUT2D eigenvalue weighted by molar-refractivity contribution is 5.85. The molecule has 1 atom stereocenters. The molecule has 0 aliphatic heterocycles. The molecular formula is C18H23ClN2O3. The second-order valence-corrected chi connectivity index (χ2v) is 5.50. The minimum Gasteiger partial charge on any atom is -0.504 e. The van der Waals surface area contributed by atoms with Gasteiger partial charge in [-0.05, 0) is 29.7 Å². The molecule has 0 aliphatic carbocycles. The maximum atomic E-state index is 12.4. The van der Waals surface area contributed by atoms with Crippen LogP contribution in [0.25, 0.3) is 0 Å². The van der Waals surface area contributed by atoms with Gasteiger partial charge in [-0.1, -0.05) is 36.4 Å². The molecular weight excluding hydrogens is 328 g/mol. The summed E-state index contributed by atoms with van der Waals surface area (Å²) in [5.74, 6) is 0.337. The summed E-state index contributed by atoms with van der Waals surface area (Å²) in [6.07, 6.45) is 0.503. The second-order valence-electron chi connectivity index (χ2n) is 5.50. The van der Waals surface area contributed by atoms with Crippen LogP contribution in [0.3, 0.4) is 0 Å². The van der Waals surface area contributed by atoms with Crippen LogP contribution < -0.4 is 10.5 Å². The number of likely N-dealkylation sites (N-methyl/N-ethyl adjacent to an activating group) is 1. The molecule has 0 aliphatic rings. The van der Waals surface area contributed by atoms with Crippen molar-refractivity contribution in [3.63, 3.8) is 0 Å². The lowest BCUT2D eigenvalue weighted by Crippen LogP contribution is -2.42. The zero-order valence-electron chi connectivity index (χ0n) is 13.8. The van der Waals surface area contributed by atoms with E-state index in [-0.39, 0.29) is 24.1 Å². The number of nitrogens with zero attached hydrogens (tertiary/aromatic N) is 1. The van der Waals surface area contributed by atoms with Crippen molar-refractivity contribution in [2.75, 3.05) is 14.2 Å². The van der Waals surface area contributed by atoms with Gasteiger partial charge in [-0.15, -0.1) is 12.4 Å². The van der Waals surface area contributed by atoms with Gasteiger partial charge in [-0.25, -0.2) is 0 Å². The number of rotatable bonds is 6. The third-order valence-electron chi connectivity index (χ3n) is 3.66. The number of carbonyl (C=O) groups excluding carboxylic acids is 1. The minimum atomic E-state index is -0.582. The van der Waals surface area contributed by atoms with Gasteiger partial charge >= 0.3 is 0 Å². The molecule has 0 unspecified atom stereocenters. The average Bonchev–Trinajstić information content (AvgIpc) is 2.56. The van der Waals surface area contributed by atoms with Crippen molar-refractivity contribution in [1.29, 1.82) is 0 Å². The molecule has 0 heterocycles. The highest BCUT2D eigenvalue weighted by Gasteiger charge is 2.19. The van der Waals surface area contributed by atoms with Crippen LogP contribution in [0.1, 0.15) is 11.1 Å². The minimum absolute atomic E-state index is 0. The van der Waals surface area contributed by atoms with Crippen molar-refractivity contribution in [2.24, 2.45) is 5.73 Å². The predicted octanol–water partition coefficient (Wildman–Crippen LogP) is 2.35. The first kappa shape index (κ1) is 19.8. The van der Waals surface area contributed by atoms with Gasteiger partial charge in [0, 0.05) is 13.6 Å². The predicted molar refractivity (Wildman–Crippen MR) is 96.5 cm³/mol. The van der Waals surface area contributed by atoms with E-state index in [0.29, 0.717) is 18.7 Å². The van der Waals surface area contributed by atoms with E-state index in [1.54, 1.807) is 30.1 Å². The number of phenols is 1. The molecule has 24 heavy (non-hydrogen) atoms. The van der Waals surface area contributed by atoms with E-state index < -0.39 is 6.04 Å². The summed E-state index contributed by atoms with van der Waals surface area (Å²) in [6, 6.07) is 14.1. The first-order valence-electron chi connectivity index (χ1n) is 7.41. The Kier molecular flexibility index (Phi) is 7.55. The van der Waals surface area contributed by atoms with Crippen molar-refractivity contribution in [3.05, 3.63) is 59.7 Å². The maximum absolute atomic E-state index is 12.4. The number of methoxy groups -OCH3 is 1. The number of ether oxygens (including phenoxy) is 1. The largest absolute Gasteiger partial charge is 0.504 e. The quantitative estimate of drug-likeness (QED) is 0.838. The molecule has 1 amide bonds. The third kappa shape index (κ3) is 5.15. The van der Waals surface area contributed by atoms with Gasteiger partial charge in [-0.3, -0.25) is 4.79 Å². The van der Waals surface area contributed by atoms with Crippen LogP contribution in [-0.2, 0) is 17.8 Å². The Morgan fingerprint density at radius 3 is 2.50 bits per heavy atom. The van der Waals surface area contributed by atoms with Crippen LogP contribution >= 0.6 is 12.4 Å². The van der Waals surface area contributed by atoms with E-state index in [4.69, 9.17) is 10.5 Å². The molecule has 0 fully saturated rings. The van der Waals surface area contributed by atoms with Gasteiger partial charge in [0.05, 0.1) is 13.2 Å². The fraction of sp³-hybridized carbons (Fsp3) is 0.278. The lowest BCUT2D eigenvalue weighted by molar-refractivity contribution is -0.131. The smallest absolute Gasteiger partial charge is 0.239 e. The third-order valence-corrected chi connectivity index (χ3v) is 3.66. The number of halogens is 1. The van der Waals surface area contributed by atoms with Crippen LogP contribution in [-0.4, -0.2) is 36.1 Å². The van der Waals surface area contributed by atoms with Crippen LogP contribution in [0, 0.1) is 0 Å². The highest BCUT2D eigenvalue weighted by atomic mass is 35.5. The van der Waals surface area contributed by atoms with Crippen LogP contribution in [0.15, 0.2) is 48.5 Å². The van der Waals surface area contributed by atoms with E-state index in [1.165, 1.54) is 7.11 Å². The number of amides is 1. The topological polar surface area (TPSA) is 75.8 Å². The standard InChI is InChI=1S/C18H22N2O3.ClH/c1-20(12-14-8-9-16(21)17(11-14)23-2)18(22)15(19)10-13-6-4-3-5-7-13;/h3-9,11,15,21H,10,12,19H2,1-2H3;1H/t15-;/m0./s1. The zero-order valence-corrected chi connectivity index (χ0v) is 14.6. The second kappa shape index (κ2) is 9.15. The monoisotopic (exact) mass is 350 g/mol. The molecule has 2 rings (SSSR count). The number of nitrogens with two attached hydrogens (primary N) is 1. The summed E-state index contributed by atoms with van der Waals surface area (Å²) in [4.78, 5) is 14.0. The SMILES string of the molecule is COc1cc(CN(C)C(=O)[C@@H](N)Cc2ccccc2)ccc1O.Cl. The van der Waals surface area contributed by atoms with Crippen LogP contribution in [0.2, 0.25) is 0 Å². The molecule has 0 bridgehead atoms. The Morgan fingerprint density at radius 2 is 1.88 bits per heavy atom. The van der Waals surface area contributed by atoms with Crippen molar-refractivity contribution >= 4 is 18.3 Å². The van der Waals surface area contributed by atoms with E-state index in [0.717, 1.165) is 11.1 Å². The molecule has 5 nitrogen and oxygen atoms in total. The number of hydrogen-bond acceptors (Lipinski definition) is 4. The fourth-order valence-electron chi connectivity index (χ4n) is 2.41. The first-order valence-corrected chi connectivity index (χ1v) is 7.41. The number of benzene rings is 2. The van der Waals surface area contributed by atoms with Crippen molar-refractivity contribution < 1.29 is 14.6 Å². The summed E-state index contributed by atoms with van der Waals surface area (Å²) >= 11 is 0. The fourth-order valence-corrected chi connectivity index (χ4v) is 2.41. The van der Waals surface area contributed by atoms with Crippen LogP contribution in [0.5, 0.6) is 11.5 Å². The van der Waals surface area contributed by atoms with E-state index >= 15 is 0 Å². The van der Waals surface area contributed by atoms with Gasteiger partial charge in [-0.2, -0.15) is 0 Å². The summed E-state index contributed by atoms with van der Waals surface area (Å²) in [6.45, 7) is 0.401. The summed E-state index contributed by atoms with van der Waals surface area (Å²) < 4.78 is 5.08. The maximum Gasteiger partial charge on any atom is 0.239 e. The molecule has 6 heteroatoms. The lowest BCUT2D eigenvalue weighted by Gasteiger charge is -2.22. The highest BCUT2D eigenvalue weighted by Crippen LogP contribution is 2.26. The molecule has 3 N–H and O–H groups in total. The number of carbonyl (C=O) groups is 1. The molecule has 2 aromatic rings. The van der Waals surface area contributed by atoms with Crippen molar-refractivity contribution in [3.8, 4) is 11.5 Å². The number of hydrogen-bond donors (Lipinski definition) is 2. The number of aromatic hydroxyl groups is 1.